The minimum absolute atomic E-state index is 0. The maximum absolute atomic E-state index is 11.6. The second-order valence-electron chi connectivity index (χ2n) is 3.81. The number of carbonyl (C=O) groups excluding carboxylic acids is 1. The zero-order valence-electron chi connectivity index (χ0n) is 10.1. The van der Waals surface area contributed by atoms with E-state index in [0.717, 1.165) is 17.1 Å². The highest BCUT2D eigenvalue weighted by Crippen LogP contribution is 2.17. The zero-order chi connectivity index (χ0) is 11.6. The average molecular weight is 247 g/mol. The molecular weight excluding hydrogens is 228 g/mol. The summed E-state index contributed by atoms with van der Waals surface area (Å²) in [4.78, 5) is 11.6. The largest absolute Gasteiger partial charge is 0.330 e. The Kier molecular flexibility index (Phi) is 5.47. The molecule has 6 heteroatoms. The predicted molar refractivity (Wildman–Crippen MR) is 66.8 cm³/mol. The smallest absolute Gasteiger partial charge is 0.229 e. The summed E-state index contributed by atoms with van der Waals surface area (Å²) < 4.78 is 1.67. The van der Waals surface area contributed by atoms with Crippen LogP contribution in [0.4, 0.5) is 5.82 Å². The van der Waals surface area contributed by atoms with E-state index in [-0.39, 0.29) is 24.2 Å². The van der Waals surface area contributed by atoms with Crippen LogP contribution in [0.15, 0.2) is 0 Å². The molecule has 1 atom stereocenters. The summed E-state index contributed by atoms with van der Waals surface area (Å²) in [6, 6.07) is 0. The maximum Gasteiger partial charge on any atom is 0.229 e. The fourth-order valence-corrected chi connectivity index (χ4v) is 1.29. The number of nitrogens with two attached hydrogens (primary N) is 1. The minimum Gasteiger partial charge on any atom is -0.330 e. The molecule has 0 bridgehead atoms. The van der Waals surface area contributed by atoms with Gasteiger partial charge in [0.25, 0.3) is 0 Å². The fourth-order valence-electron chi connectivity index (χ4n) is 1.29. The molecule has 1 aromatic rings. The number of anilines is 1. The van der Waals surface area contributed by atoms with Gasteiger partial charge in [-0.15, -0.1) is 12.4 Å². The SMILES string of the molecule is Cc1nn(C)c(NC(=O)C(C)CN)c1C.Cl. The van der Waals surface area contributed by atoms with Crippen LogP contribution in [0.2, 0.25) is 0 Å². The normalized spacial score (nSPS) is 11.8. The number of halogens is 1. The van der Waals surface area contributed by atoms with E-state index >= 15 is 0 Å². The summed E-state index contributed by atoms with van der Waals surface area (Å²) in [5.41, 5.74) is 7.34. The van der Waals surface area contributed by atoms with Gasteiger partial charge in [0, 0.05) is 25.1 Å². The third-order valence-electron chi connectivity index (χ3n) is 2.56. The van der Waals surface area contributed by atoms with Gasteiger partial charge in [-0.2, -0.15) is 5.10 Å². The van der Waals surface area contributed by atoms with Gasteiger partial charge in [-0.1, -0.05) is 6.92 Å². The summed E-state index contributed by atoms with van der Waals surface area (Å²) in [5.74, 6) is 0.501. The second-order valence-corrected chi connectivity index (χ2v) is 3.81. The Bertz CT molecular complexity index is 375. The first kappa shape index (κ1) is 14.9. The molecule has 0 aromatic carbocycles. The second kappa shape index (κ2) is 5.86. The molecule has 1 aromatic heterocycles. The standard InChI is InChI=1S/C10H18N4O.ClH/c1-6(5-11)10(15)12-9-7(2)8(3)13-14(9)4;/h6H,5,11H2,1-4H3,(H,12,15);1H. The molecule has 0 aliphatic heterocycles. The third-order valence-corrected chi connectivity index (χ3v) is 2.56. The van der Waals surface area contributed by atoms with Gasteiger partial charge in [0.05, 0.1) is 5.69 Å². The first-order valence-corrected chi connectivity index (χ1v) is 4.98. The quantitative estimate of drug-likeness (QED) is 0.836. The molecule has 0 saturated carbocycles. The summed E-state index contributed by atoms with van der Waals surface area (Å²) in [6.45, 7) is 6.00. The fraction of sp³-hybridized carbons (Fsp3) is 0.600. The van der Waals surface area contributed by atoms with Crippen molar-refractivity contribution >= 4 is 24.1 Å². The van der Waals surface area contributed by atoms with Crippen LogP contribution in [0.1, 0.15) is 18.2 Å². The van der Waals surface area contributed by atoms with Gasteiger partial charge < -0.3 is 11.1 Å². The van der Waals surface area contributed by atoms with E-state index in [2.05, 4.69) is 10.4 Å². The van der Waals surface area contributed by atoms with Crippen molar-refractivity contribution in [1.29, 1.82) is 0 Å². The molecule has 1 heterocycles. The molecule has 5 nitrogen and oxygen atoms in total. The number of rotatable bonds is 3. The van der Waals surface area contributed by atoms with E-state index in [1.54, 1.807) is 11.6 Å². The molecule has 92 valence electrons. The molecule has 0 aliphatic carbocycles. The van der Waals surface area contributed by atoms with Gasteiger partial charge in [-0.25, -0.2) is 0 Å². The highest BCUT2D eigenvalue weighted by molar-refractivity contribution is 5.92. The van der Waals surface area contributed by atoms with E-state index in [0.29, 0.717) is 6.54 Å². The summed E-state index contributed by atoms with van der Waals surface area (Å²) in [6.07, 6.45) is 0. The Morgan fingerprint density at radius 2 is 2.12 bits per heavy atom. The number of aryl methyl sites for hydroxylation is 2. The number of carbonyl (C=O) groups is 1. The Labute approximate surface area is 102 Å². The molecule has 1 amide bonds. The molecule has 16 heavy (non-hydrogen) atoms. The Morgan fingerprint density at radius 1 is 1.56 bits per heavy atom. The van der Waals surface area contributed by atoms with Crippen LogP contribution in [-0.2, 0) is 11.8 Å². The van der Waals surface area contributed by atoms with Crippen LogP contribution in [0.5, 0.6) is 0 Å². The summed E-state index contributed by atoms with van der Waals surface area (Å²) >= 11 is 0. The Hall–Kier alpha value is -1.07. The number of amides is 1. The van der Waals surface area contributed by atoms with E-state index in [1.165, 1.54) is 0 Å². The van der Waals surface area contributed by atoms with Gasteiger partial charge in [0.1, 0.15) is 5.82 Å². The molecular formula is C10H19ClN4O. The van der Waals surface area contributed by atoms with Crippen LogP contribution in [-0.4, -0.2) is 22.2 Å². The predicted octanol–water partition coefficient (Wildman–Crippen LogP) is 0.992. The van der Waals surface area contributed by atoms with Crippen LogP contribution >= 0.6 is 12.4 Å². The van der Waals surface area contributed by atoms with E-state index in [9.17, 15) is 4.79 Å². The molecule has 1 rings (SSSR count). The van der Waals surface area contributed by atoms with Gasteiger partial charge >= 0.3 is 0 Å². The van der Waals surface area contributed by atoms with E-state index in [4.69, 9.17) is 5.73 Å². The number of aromatic nitrogens is 2. The first-order valence-electron chi connectivity index (χ1n) is 4.98. The lowest BCUT2D eigenvalue weighted by Crippen LogP contribution is -2.27. The van der Waals surface area contributed by atoms with E-state index < -0.39 is 0 Å². The summed E-state index contributed by atoms with van der Waals surface area (Å²) in [7, 11) is 1.81. The highest BCUT2D eigenvalue weighted by Gasteiger charge is 2.15. The average Bonchev–Trinajstić information content (AvgIpc) is 2.43. The van der Waals surface area contributed by atoms with Crippen molar-refractivity contribution in [2.75, 3.05) is 11.9 Å². The lowest BCUT2D eigenvalue weighted by Gasteiger charge is -2.10. The van der Waals surface area contributed by atoms with Crippen LogP contribution in [0.3, 0.4) is 0 Å². The lowest BCUT2D eigenvalue weighted by molar-refractivity contribution is -0.119. The molecule has 0 radical (unpaired) electrons. The van der Waals surface area contributed by atoms with Crippen molar-refractivity contribution in [3.63, 3.8) is 0 Å². The number of nitrogens with zero attached hydrogens (tertiary/aromatic N) is 2. The zero-order valence-corrected chi connectivity index (χ0v) is 10.9. The monoisotopic (exact) mass is 246 g/mol. The number of nitrogens with one attached hydrogen (secondary N) is 1. The van der Waals surface area contributed by atoms with Gasteiger partial charge in [-0.05, 0) is 13.8 Å². The lowest BCUT2D eigenvalue weighted by atomic mass is 10.1. The van der Waals surface area contributed by atoms with Crippen LogP contribution in [0, 0.1) is 19.8 Å². The topological polar surface area (TPSA) is 72.9 Å². The van der Waals surface area contributed by atoms with Crippen molar-refractivity contribution in [3.05, 3.63) is 11.3 Å². The third kappa shape index (κ3) is 2.96. The van der Waals surface area contributed by atoms with Crippen LogP contribution < -0.4 is 11.1 Å². The van der Waals surface area contributed by atoms with Gasteiger partial charge in [-0.3, -0.25) is 9.48 Å². The van der Waals surface area contributed by atoms with Crippen LogP contribution in [0.25, 0.3) is 0 Å². The summed E-state index contributed by atoms with van der Waals surface area (Å²) in [5, 5.41) is 7.05. The Balaban J connectivity index is 0.00000225. The molecule has 0 saturated heterocycles. The number of hydrogen-bond acceptors (Lipinski definition) is 3. The van der Waals surface area contributed by atoms with Gasteiger partial charge in [0.2, 0.25) is 5.91 Å². The van der Waals surface area contributed by atoms with Crippen molar-refractivity contribution in [2.24, 2.45) is 18.7 Å². The van der Waals surface area contributed by atoms with Crippen molar-refractivity contribution in [2.45, 2.75) is 20.8 Å². The highest BCUT2D eigenvalue weighted by atomic mass is 35.5. The Morgan fingerprint density at radius 3 is 2.50 bits per heavy atom. The van der Waals surface area contributed by atoms with Crippen molar-refractivity contribution in [3.8, 4) is 0 Å². The van der Waals surface area contributed by atoms with Crippen molar-refractivity contribution in [1.82, 2.24) is 9.78 Å². The molecule has 3 N–H and O–H groups in total. The molecule has 0 fully saturated rings. The number of hydrogen-bond donors (Lipinski definition) is 2. The minimum atomic E-state index is -0.181. The first-order chi connectivity index (χ1) is 6.97. The van der Waals surface area contributed by atoms with E-state index in [1.807, 2.05) is 20.9 Å². The maximum atomic E-state index is 11.6. The van der Waals surface area contributed by atoms with Gasteiger partial charge in [0.15, 0.2) is 0 Å². The molecule has 0 aliphatic rings. The molecule has 1 unspecified atom stereocenters. The van der Waals surface area contributed by atoms with Crippen molar-refractivity contribution < 1.29 is 4.79 Å². The molecule has 0 spiro atoms.